The van der Waals surface area contributed by atoms with Gasteiger partial charge >= 0.3 is 11.6 Å². The normalized spacial score (nSPS) is 10.7. The molecule has 134 valence electrons. The van der Waals surface area contributed by atoms with Gasteiger partial charge in [0.2, 0.25) is 0 Å². The van der Waals surface area contributed by atoms with Gasteiger partial charge in [-0.1, -0.05) is 15.9 Å². The standard InChI is InChI=1S/C20H17BrO5/c1-12-16-8-7-15(24-2)11-18(16)26-20(23)17(12)9-10-19(22)25-14-5-3-13(21)4-6-14/h3-8,11H,9-10H2,1-2H3. The molecule has 3 rings (SSSR count). The van der Waals surface area contributed by atoms with Gasteiger partial charge in [0.05, 0.1) is 13.5 Å². The Bertz CT molecular complexity index is 1010. The van der Waals surface area contributed by atoms with E-state index in [-0.39, 0.29) is 12.8 Å². The average molecular weight is 417 g/mol. The van der Waals surface area contributed by atoms with Crippen molar-refractivity contribution in [3.63, 3.8) is 0 Å². The number of aryl methyl sites for hydroxylation is 1. The fraction of sp³-hybridized carbons (Fsp3) is 0.200. The zero-order valence-electron chi connectivity index (χ0n) is 14.4. The summed E-state index contributed by atoms with van der Waals surface area (Å²) in [5, 5.41) is 0.821. The van der Waals surface area contributed by atoms with Crippen LogP contribution < -0.4 is 15.1 Å². The minimum Gasteiger partial charge on any atom is -0.497 e. The largest absolute Gasteiger partial charge is 0.497 e. The van der Waals surface area contributed by atoms with Crippen LogP contribution >= 0.6 is 15.9 Å². The number of ether oxygens (including phenoxy) is 2. The van der Waals surface area contributed by atoms with Crippen molar-refractivity contribution in [2.24, 2.45) is 0 Å². The Labute approximate surface area is 158 Å². The van der Waals surface area contributed by atoms with Crippen molar-refractivity contribution in [3.05, 3.63) is 68.5 Å². The molecule has 0 aliphatic heterocycles. The van der Waals surface area contributed by atoms with Gasteiger partial charge in [-0.15, -0.1) is 0 Å². The van der Waals surface area contributed by atoms with Gasteiger partial charge in [0.15, 0.2) is 0 Å². The number of rotatable bonds is 5. The first kappa shape index (κ1) is 18.2. The van der Waals surface area contributed by atoms with E-state index in [1.165, 1.54) is 0 Å². The lowest BCUT2D eigenvalue weighted by molar-refractivity contribution is -0.134. The van der Waals surface area contributed by atoms with E-state index in [2.05, 4.69) is 15.9 Å². The second-order valence-electron chi connectivity index (χ2n) is 5.78. The van der Waals surface area contributed by atoms with Crippen LogP contribution in [-0.2, 0) is 11.2 Å². The number of carbonyl (C=O) groups excluding carboxylic acids is 1. The van der Waals surface area contributed by atoms with Crippen molar-refractivity contribution >= 4 is 32.9 Å². The van der Waals surface area contributed by atoms with Crippen LogP contribution in [0.15, 0.2) is 56.1 Å². The molecular formula is C20H17BrO5. The zero-order chi connectivity index (χ0) is 18.7. The third kappa shape index (κ3) is 3.96. The Morgan fingerprint density at radius 2 is 1.81 bits per heavy atom. The molecule has 0 N–H and O–H groups in total. The zero-order valence-corrected chi connectivity index (χ0v) is 16.0. The molecule has 0 saturated carbocycles. The number of esters is 1. The molecule has 3 aromatic rings. The van der Waals surface area contributed by atoms with Crippen LogP contribution in [0.4, 0.5) is 0 Å². The fourth-order valence-corrected chi connectivity index (χ4v) is 2.97. The van der Waals surface area contributed by atoms with Crippen molar-refractivity contribution in [1.29, 1.82) is 0 Å². The Hall–Kier alpha value is -2.60. The first-order chi connectivity index (χ1) is 12.5. The summed E-state index contributed by atoms with van der Waals surface area (Å²) in [6.45, 7) is 1.85. The maximum absolute atomic E-state index is 12.3. The molecule has 0 fully saturated rings. The molecule has 26 heavy (non-hydrogen) atoms. The maximum Gasteiger partial charge on any atom is 0.339 e. The van der Waals surface area contributed by atoms with Crippen molar-refractivity contribution in [1.82, 2.24) is 0 Å². The third-order valence-corrected chi connectivity index (χ3v) is 4.65. The number of fused-ring (bicyclic) bond motifs is 1. The van der Waals surface area contributed by atoms with Gasteiger partial charge in [-0.2, -0.15) is 0 Å². The van der Waals surface area contributed by atoms with Gasteiger partial charge in [0.1, 0.15) is 17.1 Å². The van der Waals surface area contributed by atoms with Crippen molar-refractivity contribution < 1.29 is 18.7 Å². The van der Waals surface area contributed by atoms with Crippen LogP contribution in [0.3, 0.4) is 0 Å². The first-order valence-corrected chi connectivity index (χ1v) is 8.84. The van der Waals surface area contributed by atoms with Crippen molar-refractivity contribution in [2.75, 3.05) is 7.11 Å². The summed E-state index contributed by atoms with van der Waals surface area (Å²) in [4.78, 5) is 24.4. The highest BCUT2D eigenvalue weighted by Gasteiger charge is 2.14. The second kappa shape index (κ2) is 7.74. The number of halogens is 1. The Morgan fingerprint density at radius 3 is 2.50 bits per heavy atom. The second-order valence-corrected chi connectivity index (χ2v) is 6.70. The van der Waals surface area contributed by atoms with Crippen LogP contribution in [-0.4, -0.2) is 13.1 Å². The van der Waals surface area contributed by atoms with E-state index < -0.39 is 11.6 Å². The molecule has 1 aromatic heterocycles. The van der Waals surface area contributed by atoms with Gasteiger partial charge in [-0.3, -0.25) is 4.79 Å². The van der Waals surface area contributed by atoms with E-state index in [0.29, 0.717) is 22.6 Å². The lowest BCUT2D eigenvalue weighted by atomic mass is 10.0. The molecule has 0 aliphatic rings. The Morgan fingerprint density at radius 1 is 1.12 bits per heavy atom. The van der Waals surface area contributed by atoms with Crippen LogP contribution in [0.25, 0.3) is 11.0 Å². The van der Waals surface area contributed by atoms with Crippen LogP contribution in [0.5, 0.6) is 11.5 Å². The van der Waals surface area contributed by atoms with E-state index in [9.17, 15) is 9.59 Å². The molecule has 2 aromatic carbocycles. The average Bonchev–Trinajstić information content (AvgIpc) is 2.63. The number of carbonyl (C=O) groups is 1. The number of hydrogen-bond donors (Lipinski definition) is 0. The van der Waals surface area contributed by atoms with Gasteiger partial charge in [-0.25, -0.2) is 4.79 Å². The molecule has 0 bridgehead atoms. The van der Waals surface area contributed by atoms with Gasteiger partial charge in [0, 0.05) is 21.5 Å². The first-order valence-electron chi connectivity index (χ1n) is 8.04. The minimum atomic E-state index is -0.445. The summed E-state index contributed by atoms with van der Waals surface area (Å²) < 4.78 is 16.7. The Balaban J connectivity index is 1.77. The summed E-state index contributed by atoms with van der Waals surface area (Å²) in [6, 6.07) is 12.3. The predicted molar refractivity (Wildman–Crippen MR) is 102 cm³/mol. The smallest absolute Gasteiger partial charge is 0.339 e. The molecule has 0 spiro atoms. The fourth-order valence-electron chi connectivity index (χ4n) is 2.70. The third-order valence-electron chi connectivity index (χ3n) is 4.12. The van der Waals surface area contributed by atoms with E-state index in [1.807, 2.05) is 13.0 Å². The van der Waals surface area contributed by atoms with Gasteiger partial charge in [-0.05, 0) is 55.3 Å². The molecule has 1 heterocycles. The summed E-state index contributed by atoms with van der Waals surface area (Å²) in [5.74, 6) is 0.680. The molecule has 0 radical (unpaired) electrons. The topological polar surface area (TPSA) is 65.7 Å². The van der Waals surface area contributed by atoms with Crippen molar-refractivity contribution in [2.45, 2.75) is 19.8 Å². The molecule has 0 unspecified atom stereocenters. The van der Waals surface area contributed by atoms with Gasteiger partial charge in [0.25, 0.3) is 0 Å². The number of hydrogen-bond acceptors (Lipinski definition) is 5. The SMILES string of the molecule is COc1ccc2c(C)c(CCC(=O)Oc3ccc(Br)cc3)c(=O)oc2c1. The summed E-state index contributed by atoms with van der Waals surface area (Å²) in [5.41, 5.74) is 1.30. The monoisotopic (exact) mass is 416 g/mol. The molecule has 6 heteroatoms. The van der Waals surface area contributed by atoms with Gasteiger partial charge < -0.3 is 13.9 Å². The minimum absolute atomic E-state index is 0.0866. The maximum atomic E-state index is 12.3. The highest BCUT2D eigenvalue weighted by atomic mass is 79.9. The number of benzene rings is 2. The lowest BCUT2D eigenvalue weighted by Crippen LogP contribution is -2.15. The van der Waals surface area contributed by atoms with Crippen LogP contribution in [0.2, 0.25) is 0 Å². The summed E-state index contributed by atoms with van der Waals surface area (Å²) in [7, 11) is 1.55. The highest BCUT2D eigenvalue weighted by molar-refractivity contribution is 9.10. The Kier molecular flexibility index (Phi) is 5.42. The molecular weight excluding hydrogens is 400 g/mol. The quantitative estimate of drug-likeness (QED) is 0.350. The molecule has 5 nitrogen and oxygen atoms in total. The van der Waals surface area contributed by atoms with Crippen LogP contribution in [0, 0.1) is 6.92 Å². The van der Waals surface area contributed by atoms with E-state index in [1.54, 1.807) is 43.5 Å². The molecule has 0 saturated heterocycles. The molecule has 0 amide bonds. The molecule has 0 atom stereocenters. The summed E-state index contributed by atoms with van der Waals surface area (Å²) in [6.07, 6.45) is 0.342. The van der Waals surface area contributed by atoms with E-state index >= 15 is 0 Å². The number of methoxy groups -OCH3 is 1. The molecule has 0 aliphatic carbocycles. The summed E-state index contributed by atoms with van der Waals surface area (Å²) >= 11 is 3.32. The highest BCUT2D eigenvalue weighted by Crippen LogP contribution is 2.24. The predicted octanol–water partition coefficient (Wildman–Crippen LogP) is 4.41. The van der Waals surface area contributed by atoms with E-state index in [4.69, 9.17) is 13.9 Å². The van der Waals surface area contributed by atoms with E-state index in [0.717, 1.165) is 15.4 Å². The van der Waals surface area contributed by atoms with Crippen LogP contribution in [0.1, 0.15) is 17.5 Å². The lowest BCUT2D eigenvalue weighted by Gasteiger charge is -2.09. The van der Waals surface area contributed by atoms with Crippen molar-refractivity contribution in [3.8, 4) is 11.5 Å².